The third-order valence-corrected chi connectivity index (χ3v) is 6.18. The maximum atomic E-state index is 13.3. The molecule has 0 spiro atoms. The number of carbonyl (C=O) groups is 1. The van der Waals surface area contributed by atoms with Gasteiger partial charge in [0, 0.05) is 21.0 Å². The first-order chi connectivity index (χ1) is 13.5. The first kappa shape index (κ1) is 18.7. The molecular weight excluding hydrogens is 384 g/mol. The quantitative estimate of drug-likeness (QED) is 0.321. The van der Waals surface area contributed by atoms with Crippen LogP contribution in [0, 0.1) is 13.8 Å². The molecule has 0 saturated carbocycles. The van der Waals surface area contributed by atoms with Crippen LogP contribution in [0.1, 0.15) is 26.4 Å². The van der Waals surface area contributed by atoms with Gasteiger partial charge in [-0.25, -0.2) is 0 Å². The van der Waals surface area contributed by atoms with Crippen molar-refractivity contribution < 1.29 is 4.79 Å². The van der Waals surface area contributed by atoms with Gasteiger partial charge in [0.1, 0.15) is 0 Å². The molecule has 28 heavy (non-hydrogen) atoms. The molecule has 1 nitrogen and oxygen atoms in total. The summed E-state index contributed by atoms with van der Waals surface area (Å²) in [4.78, 5) is 15.1. The van der Waals surface area contributed by atoms with Crippen LogP contribution >= 0.6 is 22.9 Å². The average molecular weight is 403 g/mol. The van der Waals surface area contributed by atoms with Crippen molar-refractivity contribution in [3.63, 3.8) is 0 Å². The van der Waals surface area contributed by atoms with Gasteiger partial charge in [0.25, 0.3) is 0 Å². The van der Waals surface area contributed by atoms with Crippen molar-refractivity contribution in [2.45, 2.75) is 13.8 Å². The molecular formula is C25H19ClOS. The third kappa shape index (κ3) is 3.80. The van der Waals surface area contributed by atoms with Crippen LogP contribution in [0.25, 0.3) is 21.6 Å². The number of rotatable bonds is 4. The molecule has 0 unspecified atom stereocenters. The Morgan fingerprint density at radius 1 is 0.750 bits per heavy atom. The summed E-state index contributed by atoms with van der Waals surface area (Å²) in [6.07, 6.45) is 0. The van der Waals surface area contributed by atoms with Crippen molar-refractivity contribution >= 4 is 28.7 Å². The monoisotopic (exact) mass is 402 g/mol. The Labute approximate surface area is 174 Å². The lowest BCUT2D eigenvalue weighted by Crippen LogP contribution is -2.00. The van der Waals surface area contributed by atoms with Gasteiger partial charge in [0.15, 0.2) is 0 Å². The van der Waals surface area contributed by atoms with Crippen LogP contribution in [0.15, 0.2) is 78.9 Å². The molecule has 1 heterocycles. The van der Waals surface area contributed by atoms with E-state index in [9.17, 15) is 4.79 Å². The second kappa shape index (κ2) is 7.75. The molecule has 3 aromatic carbocycles. The molecule has 0 aliphatic heterocycles. The largest absolute Gasteiger partial charge is 0.288 e. The van der Waals surface area contributed by atoms with E-state index in [1.54, 1.807) is 11.3 Å². The van der Waals surface area contributed by atoms with E-state index in [1.807, 2.05) is 55.5 Å². The summed E-state index contributed by atoms with van der Waals surface area (Å²) in [6, 6.07) is 25.9. The molecule has 0 saturated heterocycles. The second-order valence-corrected chi connectivity index (χ2v) is 8.41. The normalized spacial score (nSPS) is 10.8. The maximum Gasteiger partial charge on any atom is 0.203 e. The maximum absolute atomic E-state index is 13.3. The van der Waals surface area contributed by atoms with Gasteiger partial charge < -0.3 is 0 Å². The zero-order valence-corrected chi connectivity index (χ0v) is 17.3. The number of ketones is 1. The molecule has 4 aromatic rings. The zero-order chi connectivity index (χ0) is 19.7. The Morgan fingerprint density at radius 3 is 1.89 bits per heavy atom. The van der Waals surface area contributed by atoms with Gasteiger partial charge in [0.05, 0.1) is 4.88 Å². The van der Waals surface area contributed by atoms with Gasteiger partial charge >= 0.3 is 0 Å². The van der Waals surface area contributed by atoms with Crippen LogP contribution in [-0.2, 0) is 0 Å². The van der Waals surface area contributed by atoms with E-state index < -0.39 is 0 Å². The zero-order valence-electron chi connectivity index (χ0n) is 15.7. The van der Waals surface area contributed by atoms with Gasteiger partial charge in [-0.2, -0.15) is 0 Å². The fourth-order valence-electron chi connectivity index (χ4n) is 3.10. The van der Waals surface area contributed by atoms with E-state index in [-0.39, 0.29) is 5.78 Å². The Morgan fingerprint density at radius 2 is 1.29 bits per heavy atom. The Kier molecular flexibility index (Phi) is 5.17. The fraction of sp³-hybridized carbons (Fsp3) is 0.0800. The van der Waals surface area contributed by atoms with Crippen LogP contribution < -0.4 is 0 Å². The lowest BCUT2D eigenvalue weighted by molar-refractivity contribution is 0.104. The minimum absolute atomic E-state index is 0.0494. The minimum Gasteiger partial charge on any atom is -0.288 e. The van der Waals surface area contributed by atoms with Crippen LogP contribution in [0.5, 0.6) is 0 Å². The highest BCUT2D eigenvalue weighted by atomic mass is 35.5. The molecule has 3 heteroatoms. The third-order valence-electron chi connectivity index (χ3n) is 4.74. The van der Waals surface area contributed by atoms with Crippen molar-refractivity contribution in [3.8, 4) is 21.6 Å². The van der Waals surface area contributed by atoms with Crippen molar-refractivity contribution in [3.05, 3.63) is 105 Å². The molecule has 0 atom stereocenters. The highest BCUT2D eigenvalue weighted by molar-refractivity contribution is 7.18. The Balaban J connectivity index is 1.85. The summed E-state index contributed by atoms with van der Waals surface area (Å²) in [5, 5.41) is 0.684. The minimum atomic E-state index is 0.0494. The summed E-state index contributed by atoms with van der Waals surface area (Å²) < 4.78 is 0. The Hall–Kier alpha value is -2.68. The number of hydrogen-bond acceptors (Lipinski definition) is 2. The van der Waals surface area contributed by atoms with Crippen LogP contribution in [-0.4, -0.2) is 5.78 Å². The SMILES string of the molecule is Cc1ccc(C(=O)c2sc(-c3ccc(C)cc3)cc2-c2ccc(Cl)cc2)cc1. The van der Waals surface area contributed by atoms with Crippen molar-refractivity contribution in [2.75, 3.05) is 0 Å². The first-order valence-electron chi connectivity index (χ1n) is 9.09. The molecule has 1 aromatic heterocycles. The van der Waals surface area contributed by atoms with Crippen LogP contribution in [0.4, 0.5) is 0 Å². The standard InChI is InChI=1S/C25H19ClOS/c1-16-3-7-19(8-4-16)23-15-22(18-11-13-21(26)14-12-18)25(28-23)24(27)20-9-5-17(2)6-10-20/h3-15H,1-2H3. The number of benzene rings is 3. The lowest BCUT2D eigenvalue weighted by atomic mass is 10.00. The first-order valence-corrected chi connectivity index (χ1v) is 10.3. The smallest absolute Gasteiger partial charge is 0.203 e. The van der Waals surface area contributed by atoms with E-state index >= 15 is 0 Å². The predicted molar refractivity (Wildman–Crippen MR) is 120 cm³/mol. The predicted octanol–water partition coefficient (Wildman–Crippen LogP) is 7.58. The van der Waals surface area contributed by atoms with E-state index in [4.69, 9.17) is 11.6 Å². The van der Waals surface area contributed by atoms with Crippen molar-refractivity contribution in [1.29, 1.82) is 0 Å². The van der Waals surface area contributed by atoms with Crippen LogP contribution in [0.2, 0.25) is 5.02 Å². The van der Waals surface area contributed by atoms with Crippen LogP contribution in [0.3, 0.4) is 0 Å². The molecule has 4 rings (SSSR count). The summed E-state index contributed by atoms with van der Waals surface area (Å²) in [6.45, 7) is 4.09. The van der Waals surface area contributed by atoms with E-state index in [1.165, 1.54) is 5.56 Å². The highest BCUT2D eigenvalue weighted by Gasteiger charge is 2.20. The average Bonchev–Trinajstić information content (AvgIpc) is 3.14. The van der Waals surface area contributed by atoms with Gasteiger partial charge in [-0.1, -0.05) is 83.4 Å². The van der Waals surface area contributed by atoms with Gasteiger partial charge in [-0.3, -0.25) is 4.79 Å². The van der Waals surface area contributed by atoms with Crippen molar-refractivity contribution in [2.24, 2.45) is 0 Å². The van der Waals surface area contributed by atoms with Gasteiger partial charge in [0.2, 0.25) is 5.78 Å². The number of carbonyl (C=O) groups excluding carboxylic acids is 1. The number of thiophene rings is 1. The topological polar surface area (TPSA) is 17.1 Å². The number of halogens is 1. The second-order valence-electron chi connectivity index (χ2n) is 6.92. The summed E-state index contributed by atoms with van der Waals surface area (Å²) >= 11 is 7.61. The number of aryl methyl sites for hydroxylation is 2. The molecule has 138 valence electrons. The number of hydrogen-bond donors (Lipinski definition) is 0. The van der Waals surface area contributed by atoms with E-state index in [0.717, 1.165) is 32.0 Å². The van der Waals surface area contributed by atoms with Crippen molar-refractivity contribution in [1.82, 2.24) is 0 Å². The molecule has 0 amide bonds. The summed E-state index contributed by atoms with van der Waals surface area (Å²) in [7, 11) is 0. The molecule has 0 radical (unpaired) electrons. The molecule has 0 aliphatic rings. The molecule has 0 fully saturated rings. The molecule has 0 bridgehead atoms. The molecule has 0 aliphatic carbocycles. The summed E-state index contributed by atoms with van der Waals surface area (Å²) in [5.41, 5.74) is 6.12. The lowest BCUT2D eigenvalue weighted by Gasteiger charge is -2.04. The molecule has 0 N–H and O–H groups in total. The van der Waals surface area contributed by atoms with Gasteiger partial charge in [-0.15, -0.1) is 11.3 Å². The fourth-order valence-corrected chi connectivity index (χ4v) is 4.37. The highest BCUT2D eigenvalue weighted by Crippen LogP contribution is 2.39. The van der Waals surface area contributed by atoms with Gasteiger partial charge in [-0.05, 0) is 43.2 Å². The van der Waals surface area contributed by atoms with E-state index in [0.29, 0.717) is 10.6 Å². The van der Waals surface area contributed by atoms with E-state index in [2.05, 4.69) is 37.3 Å². The summed E-state index contributed by atoms with van der Waals surface area (Å²) in [5.74, 6) is 0.0494. The Bertz CT molecular complexity index is 1120.